The van der Waals surface area contributed by atoms with Gasteiger partial charge in [0.25, 0.3) is 0 Å². The average molecular weight is 209 g/mol. The van der Waals surface area contributed by atoms with Crippen molar-refractivity contribution in [2.24, 2.45) is 5.73 Å². The minimum absolute atomic E-state index is 0.553. The molecule has 1 nitrogen and oxygen atoms in total. The van der Waals surface area contributed by atoms with E-state index in [1.165, 1.54) is 16.0 Å². The molecule has 0 saturated heterocycles. The number of rotatable bonds is 4. The summed E-state index contributed by atoms with van der Waals surface area (Å²) >= 11 is 1.89. The van der Waals surface area contributed by atoms with Crippen molar-refractivity contribution in [1.82, 2.24) is 0 Å². The van der Waals surface area contributed by atoms with Crippen LogP contribution >= 0.6 is 11.8 Å². The monoisotopic (exact) mass is 209 g/mol. The van der Waals surface area contributed by atoms with Gasteiger partial charge in [-0.15, -0.1) is 11.8 Å². The van der Waals surface area contributed by atoms with Gasteiger partial charge in [0.2, 0.25) is 0 Å². The van der Waals surface area contributed by atoms with E-state index in [2.05, 4.69) is 39.0 Å². The number of hydrogen-bond acceptors (Lipinski definition) is 2. The van der Waals surface area contributed by atoms with Gasteiger partial charge in [0.05, 0.1) is 0 Å². The molecule has 0 bridgehead atoms. The first-order chi connectivity index (χ1) is 6.67. The number of aryl methyl sites for hydroxylation is 2. The highest BCUT2D eigenvalue weighted by Crippen LogP contribution is 2.26. The molecule has 0 saturated carbocycles. The second kappa shape index (κ2) is 5.42. The number of nitrogens with two attached hydrogens (primary N) is 1. The second-order valence-corrected chi connectivity index (χ2v) is 5.00. The first-order valence-corrected chi connectivity index (χ1v) is 5.99. The van der Waals surface area contributed by atoms with Crippen molar-refractivity contribution in [2.45, 2.75) is 37.3 Å². The zero-order chi connectivity index (χ0) is 10.6. The highest BCUT2D eigenvalue weighted by atomic mass is 32.2. The molecular formula is C12H19NS. The largest absolute Gasteiger partial charge is 0.329 e. The Balaban J connectivity index is 2.72. The quantitative estimate of drug-likeness (QED) is 0.771. The molecule has 0 amide bonds. The predicted octanol–water partition coefficient (Wildman–Crippen LogP) is 3.13. The van der Waals surface area contributed by atoms with Crippen molar-refractivity contribution >= 4 is 11.8 Å². The van der Waals surface area contributed by atoms with Gasteiger partial charge >= 0.3 is 0 Å². The molecule has 78 valence electrons. The lowest BCUT2D eigenvalue weighted by Gasteiger charge is -2.12. The predicted molar refractivity (Wildman–Crippen MR) is 64.9 cm³/mol. The van der Waals surface area contributed by atoms with Gasteiger partial charge in [-0.2, -0.15) is 0 Å². The Bertz CT molecular complexity index is 292. The van der Waals surface area contributed by atoms with E-state index < -0.39 is 0 Å². The molecule has 1 rings (SSSR count). The van der Waals surface area contributed by atoms with Gasteiger partial charge in [0.1, 0.15) is 0 Å². The highest BCUT2D eigenvalue weighted by Gasteiger charge is 2.06. The Morgan fingerprint density at radius 3 is 2.50 bits per heavy atom. The molecule has 0 aliphatic heterocycles. The van der Waals surface area contributed by atoms with Gasteiger partial charge in [-0.3, -0.25) is 0 Å². The fourth-order valence-corrected chi connectivity index (χ4v) is 2.32. The van der Waals surface area contributed by atoms with Gasteiger partial charge in [0, 0.05) is 16.7 Å². The molecule has 1 aromatic carbocycles. The van der Waals surface area contributed by atoms with Crippen LogP contribution in [0.5, 0.6) is 0 Å². The molecule has 0 fully saturated rings. The number of benzene rings is 1. The van der Waals surface area contributed by atoms with E-state index in [-0.39, 0.29) is 0 Å². The second-order valence-electron chi connectivity index (χ2n) is 3.63. The summed E-state index contributed by atoms with van der Waals surface area (Å²) in [4.78, 5) is 1.34. The molecule has 1 aromatic rings. The van der Waals surface area contributed by atoms with Gasteiger partial charge in [-0.05, 0) is 43.5 Å². The Morgan fingerprint density at radius 1 is 1.29 bits per heavy atom. The van der Waals surface area contributed by atoms with Crippen LogP contribution < -0.4 is 5.73 Å². The zero-order valence-electron chi connectivity index (χ0n) is 9.21. The lowest BCUT2D eigenvalue weighted by Crippen LogP contribution is -2.15. The van der Waals surface area contributed by atoms with Gasteiger partial charge in [0.15, 0.2) is 0 Å². The van der Waals surface area contributed by atoms with E-state index in [0.29, 0.717) is 5.25 Å². The zero-order valence-corrected chi connectivity index (χ0v) is 10.0. The third-order valence-electron chi connectivity index (χ3n) is 2.50. The standard InChI is InChI=1S/C12H19NS/c1-4-11(8-13)14-12-6-5-9(2)10(3)7-12/h5-7,11H,4,8,13H2,1-3H3. The van der Waals surface area contributed by atoms with Crippen LogP contribution in [0.3, 0.4) is 0 Å². The van der Waals surface area contributed by atoms with E-state index in [0.717, 1.165) is 13.0 Å². The van der Waals surface area contributed by atoms with Crippen LogP contribution in [0.25, 0.3) is 0 Å². The molecule has 1 unspecified atom stereocenters. The first kappa shape index (κ1) is 11.6. The molecular weight excluding hydrogens is 190 g/mol. The van der Waals surface area contributed by atoms with Crippen molar-refractivity contribution in [3.8, 4) is 0 Å². The van der Waals surface area contributed by atoms with Crippen LogP contribution in [0.2, 0.25) is 0 Å². The summed E-state index contributed by atoms with van der Waals surface area (Å²) in [5, 5.41) is 0.553. The van der Waals surface area contributed by atoms with Crippen LogP contribution in [0.1, 0.15) is 24.5 Å². The SMILES string of the molecule is CCC(CN)Sc1ccc(C)c(C)c1. The third kappa shape index (κ3) is 3.03. The van der Waals surface area contributed by atoms with Crippen LogP contribution in [0, 0.1) is 13.8 Å². The normalized spacial score (nSPS) is 12.9. The summed E-state index contributed by atoms with van der Waals surface area (Å²) in [6.45, 7) is 7.24. The van der Waals surface area contributed by atoms with Crippen LogP contribution in [-0.2, 0) is 0 Å². The molecule has 0 radical (unpaired) electrons. The van der Waals surface area contributed by atoms with E-state index in [1.807, 2.05) is 11.8 Å². The van der Waals surface area contributed by atoms with E-state index in [1.54, 1.807) is 0 Å². The van der Waals surface area contributed by atoms with E-state index >= 15 is 0 Å². The van der Waals surface area contributed by atoms with Crippen LogP contribution in [0.4, 0.5) is 0 Å². The Hall–Kier alpha value is -0.470. The summed E-state index contributed by atoms with van der Waals surface area (Å²) in [5.74, 6) is 0. The Kier molecular flexibility index (Phi) is 4.49. The van der Waals surface area contributed by atoms with Crippen molar-refractivity contribution in [3.05, 3.63) is 29.3 Å². The summed E-state index contributed by atoms with van der Waals surface area (Å²) in [6.07, 6.45) is 1.13. The van der Waals surface area contributed by atoms with Crippen molar-refractivity contribution in [3.63, 3.8) is 0 Å². The molecule has 2 heteroatoms. The minimum atomic E-state index is 0.553. The smallest absolute Gasteiger partial charge is 0.0214 e. The fraction of sp³-hybridized carbons (Fsp3) is 0.500. The minimum Gasteiger partial charge on any atom is -0.329 e. The molecule has 14 heavy (non-hydrogen) atoms. The third-order valence-corrected chi connectivity index (χ3v) is 3.88. The first-order valence-electron chi connectivity index (χ1n) is 5.11. The van der Waals surface area contributed by atoms with Gasteiger partial charge in [-0.25, -0.2) is 0 Å². The maximum atomic E-state index is 5.68. The molecule has 0 spiro atoms. The lowest BCUT2D eigenvalue weighted by molar-refractivity contribution is 0.826. The Labute approximate surface area is 91.1 Å². The highest BCUT2D eigenvalue weighted by molar-refractivity contribution is 8.00. The maximum Gasteiger partial charge on any atom is 0.0214 e. The lowest BCUT2D eigenvalue weighted by atomic mass is 10.1. The molecule has 0 aromatic heterocycles. The van der Waals surface area contributed by atoms with Crippen LogP contribution in [-0.4, -0.2) is 11.8 Å². The molecule has 0 aliphatic rings. The van der Waals surface area contributed by atoms with Gasteiger partial charge in [-0.1, -0.05) is 13.0 Å². The average Bonchev–Trinajstić information content (AvgIpc) is 2.19. The van der Waals surface area contributed by atoms with Crippen molar-refractivity contribution < 1.29 is 0 Å². The Morgan fingerprint density at radius 2 is 2.00 bits per heavy atom. The molecule has 0 aliphatic carbocycles. The number of thioether (sulfide) groups is 1. The maximum absolute atomic E-state index is 5.68. The van der Waals surface area contributed by atoms with E-state index in [4.69, 9.17) is 5.73 Å². The summed E-state index contributed by atoms with van der Waals surface area (Å²) in [5.41, 5.74) is 8.40. The summed E-state index contributed by atoms with van der Waals surface area (Å²) in [7, 11) is 0. The summed E-state index contributed by atoms with van der Waals surface area (Å²) < 4.78 is 0. The van der Waals surface area contributed by atoms with Crippen LogP contribution in [0.15, 0.2) is 23.1 Å². The molecule has 2 N–H and O–H groups in total. The van der Waals surface area contributed by atoms with Crippen molar-refractivity contribution in [2.75, 3.05) is 6.54 Å². The topological polar surface area (TPSA) is 26.0 Å². The summed E-state index contributed by atoms with van der Waals surface area (Å²) in [6, 6.07) is 6.62. The number of hydrogen-bond donors (Lipinski definition) is 1. The van der Waals surface area contributed by atoms with Gasteiger partial charge < -0.3 is 5.73 Å². The van der Waals surface area contributed by atoms with E-state index in [9.17, 15) is 0 Å². The fourth-order valence-electron chi connectivity index (χ4n) is 1.28. The molecule has 0 heterocycles. The molecule has 1 atom stereocenters. The van der Waals surface area contributed by atoms with Crippen molar-refractivity contribution in [1.29, 1.82) is 0 Å².